The van der Waals surface area contributed by atoms with Crippen LogP contribution in [0.15, 0.2) is 0 Å². The van der Waals surface area contributed by atoms with E-state index in [1.807, 2.05) is 0 Å². The van der Waals surface area contributed by atoms with E-state index in [9.17, 15) is 5.26 Å². The molecule has 0 radical (unpaired) electrons. The minimum absolute atomic E-state index is 0.382. The van der Waals surface area contributed by atoms with Gasteiger partial charge in [-0.25, -0.2) is 0 Å². The monoisotopic (exact) mass is 233 g/mol. The molecule has 1 atom stereocenters. The summed E-state index contributed by atoms with van der Waals surface area (Å²) in [5.41, 5.74) is 0. The topological polar surface area (TPSA) is 23.8 Å². The van der Waals surface area contributed by atoms with Gasteiger partial charge in [0, 0.05) is 4.75 Å². The first-order valence-electron chi connectivity index (χ1n) is 6.86. The Hall–Kier alpha value is -0.160. The summed E-state index contributed by atoms with van der Waals surface area (Å²) in [4.78, 5) is 0. The number of hydrogen-bond acceptors (Lipinski definition) is 2. The van der Waals surface area contributed by atoms with Crippen LogP contribution in [0, 0.1) is 40.9 Å². The molecule has 5 rings (SSSR count). The molecule has 16 heavy (non-hydrogen) atoms. The molecule has 86 valence electrons. The molecule has 0 aromatic rings. The molecule has 0 aromatic carbocycles. The van der Waals surface area contributed by atoms with E-state index in [1.54, 1.807) is 0 Å². The Morgan fingerprint density at radius 2 is 1.62 bits per heavy atom. The van der Waals surface area contributed by atoms with Crippen molar-refractivity contribution >= 4 is 11.8 Å². The van der Waals surface area contributed by atoms with Crippen LogP contribution in [-0.4, -0.2) is 10.5 Å². The molecule has 1 spiro atoms. The van der Waals surface area contributed by atoms with E-state index >= 15 is 0 Å². The van der Waals surface area contributed by atoms with Crippen molar-refractivity contribution in [1.82, 2.24) is 0 Å². The minimum atomic E-state index is 0.382. The second-order valence-electron chi connectivity index (χ2n) is 6.48. The third-order valence-electron chi connectivity index (χ3n) is 5.87. The van der Waals surface area contributed by atoms with Gasteiger partial charge in [0.2, 0.25) is 0 Å². The van der Waals surface area contributed by atoms with Crippen LogP contribution in [0.4, 0.5) is 0 Å². The molecule has 1 heterocycles. The van der Waals surface area contributed by atoms with Gasteiger partial charge in [-0.1, -0.05) is 0 Å². The molecule has 0 aromatic heterocycles. The Balaban J connectivity index is 1.76. The fourth-order valence-electron chi connectivity index (χ4n) is 5.57. The maximum absolute atomic E-state index is 9.45. The molecule has 1 saturated heterocycles. The van der Waals surface area contributed by atoms with Crippen LogP contribution in [0.25, 0.3) is 0 Å². The zero-order valence-corrected chi connectivity index (χ0v) is 10.5. The fourth-order valence-corrected chi connectivity index (χ4v) is 7.51. The van der Waals surface area contributed by atoms with Gasteiger partial charge in [0.15, 0.2) is 0 Å². The number of nitrogens with zero attached hydrogens (tertiary/aromatic N) is 1. The summed E-state index contributed by atoms with van der Waals surface area (Å²) in [6.07, 6.45) is 8.52. The second-order valence-corrected chi connectivity index (χ2v) is 7.88. The van der Waals surface area contributed by atoms with E-state index < -0.39 is 0 Å². The highest BCUT2D eigenvalue weighted by Crippen LogP contribution is 2.67. The number of rotatable bonds is 0. The summed E-state index contributed by atoms with van der Waals surface area (Å²) >= 11 is 2.19. The van der Waals surface area contributed by atoms with Crippen molar-refractivity contribution in [2.24, 2.45) is 29.6 Å². The number of nitriles is 1. The molecule has 1 aliphatic heterocycles. The van der Waals surface area contributed by atoms with E-state index in [4.69, 9.17) is 0 Å². The van der Waals surface area contributed by atoms with Gasteiger partial charge in [-0.05, 0) is 67.9 Å². The Morgan fingerprint density at radius 3 is 2.19 bits per heavy atom. The Labute approximate surface area is 102 Å². The summed E-state index contributed by atoms with van der Waals surface area (Å²) in [7, 11) is 0. The Bertz CT molecular complexity index is 328. The fraction of sp³-hybridized carbons (Fsp3) is 0.929. The maximum Gasteiger partial charge on any atom is 0.0670 e. The molecule has 0 unspecified atom stereocenters. The molecule has 5 aliphatic rings. The van der Waals surface area contributed by atoms with Gasteiger partial charge in [0.25, 0.3) is 0 Å². The lowest BCUT2D eigenvalue weighted by atomic mass is 9.49. The summed E-state index contributed by atoms with van der Waals surface area (Å²) in [6, 6.07) is 2.66. The lowest BCUT2D eigenvalue weighted by molar-refractivity contribution is -0.0279. The highest BCUT2D eigenvalue weighted by atomic mass is 32.2. The molecular formula is C14H19NS. The normalized spacial score (nSPS) is 58.1. The Morgan fingerprint density at radius 1 is 1.00 bits per heavy atom. The molecule has 0 amide bonds. The van der Waals surface area contributed by atoms with Crippen molar-refractivity contribution < 1.29 is 0 Å². The standard InChI is InChI=1S/C14H19NS/c15-8-11-1-2-16-14(11)12-4-9-3-10(6-12)7-13(14)5-9/h9-13H,1-7H2/t9?,10?,11-,12?,13?,14?/m1/s1. The highest BCUT2D eigenvalue weighted by Gasteiger charge is 2.62. The average Bonchev–Trinajstić information content (AvgIpc) is 2.69. The van der Waals surface area contributed by atoms with Crippen LogP contribution in [0.3, 0.4) is 0 Å². The van der Waals surface area contributed by atoms with E-state index in [2.05, 4.69) is 17.8 Å². The minimum Gasteiger partial charge on any atom is -0.198 e. The summed E-state index contributed by atoms with van der Waals surface area (Å²) in [5, 5.41) is 9.45. The first-order valence-corrected chi connectivity index (χ1v) is 7.85. The van der Waals surface area contributed by atoms with Crippen LogP contribution in [0.2, 0.25) is 0 Å². The van der Waals surface area contributed by atoms with Gasteiger partial charge in [-0.3, -0.25) is 0 Å². The molecule has 0 N–H and O–H groups in total. The summed E-state index contributed by atoms with van der Waals surface area (Å²) < 4.78 is 0.419. The van der Waals surface area contributed by atoms with Gasteiger partial charge in [0.05, 0.1) is 12.0 Å². The molecule has 2 heteroatoms. The SMILES string of the molecule is N#C[C@H]1CCSC12C1CC3CC(C1)CC2C3. The van der Waals surface area contributed by atoms with Crippen molar-refractivity contribution in [2.75, 3.05) is 5.75 Å². The zero-order chi connectivity index (χ0) is 10.8. The number of thioether (sulfide) groups is 1. The van der Waals surface area contributed by atoms with Crippen LogP contribution in [0.1, 0.15) is 38.5 Å². The first-order chi connectivity index (χ1) is 7.83. The Kier molecular flexibility index (Phi) is 1.96. The third kappa shape index (κ3) is 1.04. The number of hydrogen-bond donors (Lipinski definition) is 0. The molecular weight excluding hydrogens is 214 g/mol. The van der Waals surface area contributed by atoms with Gasteiger partial charge in [-0.2, -0.15) is 17.0 Å². The van der Waals surface area contributed by atoms with E-state index in [-0.39, 0.29) is 0 Å². The van der Waals surface area contributed by atoms with Crippen molar-refractivity contribution in [3.63, 3.8) is 0 Å². The van der Waals surface area contributed by atoms with Crippen LogP contribution in [0.5, 0.6) is 0 Å². The van der Waals surface area contributed by atoms with E-state index in [0.29, 0.717) is 10.7 Å². The first kappa shape index (κ1) is 9.83. The predicted molar refractivity (Wildman–Crippen MR) is 66.0 cm³/mol. The maximum atomic E-state index is 9.45. The summed E-state index contributed by atoms with van der Waals surface area (Å²) in [6.45, 7) is 0. The van der Waals surface area contributed by atoms with Crippen molar-refractivity contribution in [3.8, 4) is 6.07 Å². The molecule has 4 saturated carbocycles. The van der Waals surface area contributed by atoms with Gasteiger partial charge in [-0.15, -0.1) is 0 Å². The zero-order valence-electron chi connectivity index (χ0n) is 9.69. The lowest BCUT2D eigenvalue weighted by Gasteiger charge is -2.60. The van der Waals surface area contributed by atoms with E-state index in [0.717, 1.165) is 23.7 Å². The largest absolute Gasteiger partial charge is 0.198 e. The second kappa shape index (κ2) is 3.19. The van der Waals surface area contributed by atoms with Crippen molar-refractivity contribution in [3.05, 3.63) is 0 Å². The smallest absolute Gasteiger partial charge is 0.0670 e. The van der Waals surface area contributed by atoms with E-state index in [1.165, 1.54) is 44.3 Å². The third-order valence-corrected chi connectivity index (χ3v) is 7.76. The molecule has 4 bridgehead atoms. The average molecular weight is 233 g/mol. The van der Waals surface area contributed by atoms with Gasteiger partial charge in [0.1, 0.15) is 0 Å². The predicted octanol–water partition coefficient (Wildman–Crippen LogP) is 3.46. The molecule has 1 nitrogen and oxygen atoms in total. The van der Waals surface area contributed by atoms with Gasteiger partial charge < -0.3 is 0 Å². The van der Waals surface area contributed by atoms with Crippen molar-refractivity contribution in [2.45, 2.75) is 43.3 Å². The van der Waals surface area contributed by atoms with Gasteiger partial charge >= 0.3 is 0 Å². The van der Waals surface area contributed by atoms with Crippen LogP contribution >= 0.6 is 11.8 Å². The quantitative estimate of drug-likeness (QED) is 0.640. The lowest BCUT2D eigenvalue weighted by Crippen LogP contribution is -2.57. The van der Waals surface area contributed by atoms with Crippen LogP contribution in [-0.2, 0) is 0 Å². The van der Waals surface area contributed by atoms with Crippen LogP contribution < -0.4 is 0 Å². The molecule has 4 aliphatic carbocycles. The highest BCUT2D eigenvalue weighted by molar-refractivity contribution is 8.01. The van der Waals surface area contributed by atoms with Crippen molar-refractivity contribution in [1.29, 1.82) is 5.26 Å². The molecule has 5 fully saturated rings. The summed E-state index contributed by atoms with van der Waals surface area (Å²) in [5.74, 6) is 5.51.